The number of nitrogens with zero attached hydrogens (tertiary/aromatic N) is 1. The molecule has 2 atom stereocenters. The van der Waals surface area contributed by atoms with Gasteiger partial charge < -0.3 is 5.32 Å². The van der Waals surface area contributed by atoms with Gasteiger partial charge in [0.15, 0.2) is 0 Å². The van der Waals surface area contributed by atoms with E-state index in [0.29, 0.717) is 6.04 Å². The molecule has 0 spiro atoms. The lowest BCUT2D eigenvalue weighted by molar-refractivity contribution is -0.384. The van der Waals surface area contributed by atoms with Gasteiger partial charge in [0.05, 0.1) is 4.92 Å². The Morgan fingerprint density at radius 1 is 1.25 bits per heavy atom. The molecule has 20 heavy (non-hydrogen) atoms. The van der Waals surface area contributed by atoms with Gasteiger partial charge in [-0.25, -0.2) is 0 Å². The van der Waals surface area contributed by atoms with Crippen LogP contribution in [0.15, 0.2) is 24.3 Å². The van der Waals surface area contributed by atoms with E-state index in [0.717, 1.165) is 11.5 Å². The normalized spacial score (nSPS) is 19.5. The third kappa shape index (κ3) is 3.79. The van der Waals surface area contributed by atoms with Crippen molar-refractivity contribution >= 4 is 5.69 Å². The number of non-ortho nitro benzene ring substituents is 1. The molecule has 0 heterocycles. The molecule has 0 bridgehead atoms. The van der Waals surface area contributed by atoms with Gasteiger partial charge in [-0.3, -0.25) is 10.1 Å². The molecule has 1 fully saturated rings. The maximum atomic E-state index is 10.8. The van der Waals surface area contributed by atoms with Crippen LogP contribution in [0.25, 0.3) is 0 Å². The van der Waals surface area contributed by atoms with Crippen LogP contribution in [0.1, 0.15) is 57.6 Å². The first-order valence-corrected chi connectivity index (χ1v) is 7.58. The number of rotatable bonds is 5. The number of benzene rings is 1. The third-order valence-electron chi connectivity index (χ3n) is 4.45. The van der Waals surface area contributed by atoms with Gasteiger partial charge >= 0.3 is 0 Å². The number of nitro groups is 1. The second-order valence-corrected chi connectivity index (χ2v) is 5.93. The van der Waals surface area contributed by atoms with Gasteiger partial charge in [0.1, 0.15) is 0 Å². The molecule has 1 aromatic rings. The zero-order valence-corrected chi connectivity index (χ0v) is 12.3. The molecule has 0 aliphatic heterocycles. The van der Waals surface area contributed by atoms with Crippen molar-refractivity contribution < 1.29 is 4.92 Å². The maximum absolute atomic E-state index is 10.8. The minimum Gasteiger partial charge on any atom is -0.307 e. The van der Waals surface area contributed by atoms with E-state index in [1.165, 1.54) is 32.1 Å². The molecule has 1 saturated carbocycles. The SMILES string of the molecule is CC(N[C@@H](C)C1CCCCC1)c1cccc([N+](=O)[O-])c1. The summed E-state index contributed by atoms with van der Waals surface area (Å²) in [6.07, 6.45) is 6.64. The molecular weight excluding hydrogens is 252 g/mol. The van der Waals surface area contributed by atoms with Crippen molar-refractivity contribution in [2.75, 3.05) is 0 Å². The van der Waals surface area contributed by atoms with E-state index in [4.69, 9.17) is 0 Å². The Morgan fingerprint density at radius 2 is 1.95 bits per heavy atom. The van der Waals surface area contributed by atoms with Crippen molar-refractivity contribution in [1.82, 2.24) is 5.32 Å². The number of hydrogen-bond acceptors (Lipinski definition) is 3. The molecular formula is C16H24N2O2. The second kappa shape index (κ2) is 6.84. The Kier molecular flexibility index (Phi) is 5.12. The average molecular weight is 276 g/mol. The third-order valence-corrected chi connectivity index (χ3v) is 4.45. The Morgan fingerprint density at radius 3 is 2.60 bits per heavy atom. The quantitative estimate of drug-likeness (QED) is 0.647. The molecule has 1 N–H and O–H groups in total. The maximum Gasteiger partial charge on any atom is 0.269 e. The van der Waals surface area contributed by atoms with E-state index in [1.807, 2.05) is 6.07 Å². The highest BCUT2D eigenvalue weighted by molar-refractivity contribution is 5.35. The molecule has 1 unspecified atom stereocenters. The molecule has 1 aromatic carbocycles. The highest BCUT2D eigenvalue weighted by Crippen LogP contribution is 2.28. The summed E-state index contributed by atoms with van der Waals surface area (Å²) in [7, 11) is 0. The highest BCUT2D eigenvalue weighted by atomic mass is 16.6. The lowest BCUT2D eigenvalue weighted by Crippen LogP contribution is -2.36. The lowest BCUT2D eigenvalue weighted by Gasteiger charge is -2.30. The van der Waals surface area contributed by atoms with Crippen LogP contribution in [-0.4, -0.2) is 11.0 Å². The fraction of sp³-hybridized carbons (Fsp3) is 0.625. The van der Waals surface area contributed by atoms with Crippen molar-refractivity contribution in [2.45, 2.75) is 58.0 Å². The van der Waals surface area contributed by atoms with Crippen LogP contribution in [0.5, 0.6) is 0 Å². The van der Waals surface area contributed by atoms with E-state index in [9.17, 15) is 10.1 Å². The van der Waals surface area contributed by atoms with Gasteiger partial charge in [-0.2, -0.15) is 0 Å². The Hall–Kier alpha value is -1.42. The zero-order valence-electron chi connectivity index (χ0n) is 12.3. The molecule has 110 valence electrons. The first kappa shape index (κ1) is 15.0. The summed E-state index contributed by atoms with van der Waals surface area (Å²) in [5.74, 6) is 0.741. The molecule has 1 aliphatic carbocycles. The monoisotopic (exact) mass is 276 g/mol. The number of nitrogens with one attached hydrogen (secondary N) is 1. The number of nitro benzene ring substituents is 1. The van der Waals surface area contributed by atoms with E-state index < -0.39 is 0 Å². The fourth-order valence-corrected chi connectivity index (χ4v) is 3.17. The van der Waals surface area contributed by atoms with Crippen molar-refractivity contribution in [2.24, 2.45) is 5.92 Å². The zero-order chi connectivity index (χ0) is 14.5. The summed E-state index contributed by atoms with van der Waals surface area (Å²) < 4.78 is 0. The van der Waals surface area contributed by atoms with Crippen LogP contribution in [0, 0.1) is 16.0 Å². The Labute approximate surface area is 120 Å². The fourth-order valence-electron chi connectivity index (χ4n) is 3.17. The number of hydrogen-bond donors (Lipinski definition) is 1. The first-order valence-electron chi connectivity index (χ1n) is 7.58. The average Bonchev–Trinajstić information content (AvgIpc) is 2.48. The van der Waals surface area contributed by atoms with Gasteiger partial charge in [-0.05, 0) is 38.2 Å². The van der Waals surface area contributed by atoms with Crippen LogP contribution < -0.4 is 5.32 Å². The van der Waals surface area contributed by atoms with Gasteiger partial charge in [-0.15, -0.1) is 0 Å². The van der Waals surface area contributed by atoms with Gasteiger partial charge in [0.25, 0.3) is 5.69 Å². The minimum atomic E-state index is -0.333. The van der Waals surface area contributed by atoms with Crippen LogP contribution in [0.4, 0.5) is 5.69 Å². The minimum absolute atomic E-state index is 0.145. The molecule has 1 aliphatic rings. The largest absolute Gasteiger partial charge is 0.307 e. The Bertz CT molecular complexity index is 456. The molecule has 0 amide bonds. The van der Waals surface area contributed by atoms with E-state index in [1.54, 1.807) is 18.2 Å². The van der Waals surface area contributed by atoms with Crippen molar-refractivity contribution in [1.29, 1.82) is 0 Å². The predicted molar refractivity (Wildman–Crippen MR) is 80.7 cm³/mol. The smallest absolute Gasteiger partial charge is 0.269 e. The predicted octanol–water partition coefficient (Wildman–Crippen LogP) is 4.21. The standard InChI is InChI=1S/C16H24N2O2/c1-12(14-7-4-3-5-8-14)17-13(2)15-9-6-10-16(11-15)18(19)20/h6,9-14,17H,3-5,7-8H2,1-2H3/t12-,13?/m0/s1. The van der Waals surface area contributed by atoms with E-state index >= 15 is 0 Å². The van der Waals surface area contributed by atoms with Crippen LogP contribution in [0.3, 0.4) is 0 Å². The van der Waals surface area contributed by atoms with E-state index in [2.05, 4.69) is 19.2 Å². The van der Waals surface area contributed by atoms with Crippen LogP contribution >= 0.6 is 0 Å². The van der Waals surface area contributed by atoms with Gasteiger partial charge in [-0.1, -0.05) is 31.4 Å². The van der Waals surface area contributed by atoms with Crippen molar-refractivity contribution in [3.63, 3.8) is 0 Å². The highest BCUT2D eigenvalue weighted by Gasteiger charge is 2.22. The second-order valence-electron chi connectivity index (χ2n) is 5.93. The van der Waals surface area contributed by atoms with Gasteiger partial charge in [0.2, 0.25) is 0 Å². The molecule has 0 saturated heterocycles. The summed E-state index contributed by atoms with van der Waals surface area (Å²) in [5.41, 5.74) is 1.16. The van der Waals surface area contributed by atoms with Crippen molar-refractivity contribution in [3.8, 4) is 0 Å². The van der Waals surface area contributed by atoms with E-state index in [-0.39, 0.29) is 16.7 Å². The molecule has 0 aromatic heterocycles. The molecule has 4 nitrogen and oxygen atoms in total. The lowest BCUT2D eigenvalue weighted by atomic mass is 9.84. The Balaban J connectivity index is 1.98. The first-order chi connectivity index (χ1) is 9.58. The van der Waals surface area contributed by atoms with Crippen LogP contribution in [-0.2, 0) is 0 Å². The molecule has 0 radical (unpaired) electrons. The summed E-state index contributed by atoms with van der Waals surface area (Å²) in [4.78, 5) is 10.5. The van der Waals surface area contributed by atoms with Crippen molar-refractivity contribution in [3.05, 3.63) is 39.9 Å². The topological polar surface area (TPSA) is 55.2 Å². The molecule has 2 rings (SSSR count). The summed E-state index contributed by atoms with van der Waals surface area (Å²) >= 11 is 0. The summed E-state index contributed by atoms with van der Waals surface area (Å²) in [6, 6.07) is 7.54. The van der Waals surface area contributed by atoms with Gasteiger partial charge in [0, 0.05) is 24.2 Å². The molecule has 4 heteroatoms. The summed E-state index contributed by atoms with van der Waals surface area (Å²) in [6.45, 7) is 4.32. The summed E-state index contributed by atoms with van der Waals surface area (Å²) in [5, 5.41) is 14.4. The van der Waals surface area contributed by atoms with Crippen LogP contribution in [0.2, 0.25) is 0 Å².